The van der Waals surface area contributed by atoms with Crippen LogP contribution in [0.25, 0.3) is 0 Å². The molecule has 0 heterocycles. The Balaban J connectivity index is 2.16. The summed E-state index contributed by atoms with van der Waals surface area (Å²) in [6.07, 6.45) is 3.96. The summed E-state index contributed by atoms with van der Waals surface area (Å²) in [5, 5.41) is 11.0. The normalized spacial score (nSPS) is 21.4. The quantitative estimate of drug-likeness (QED) is 0.508. The zero-order valence-corrected chi connectivity index (χ0v) is 13.0. The highest BCUT2D eigenvalue weighted by Gasteiger charge is 2.35. The molecular formula is C17H23NO3. The molecule has 0 aromatic heterocycles. The first-order chi connectivity index (χ1) is 9.79. The van der Waals surface area contributed by atoms with Crippen LogP contribution in [0.2, 0.25) is 0 Å². The smallest absolute Gasteiger partial charge is 0.434 e. The number of hydrogen-bond acceptors (Lipinski definition) is 3. The van der Waals surface area contributed by atoms with Crippen LogP contribution >= 0.6 is 0 Å². The maximum Gasteiger partial charge on any atom is 0.434 e. The molecule has 1 aliphatic rings. The Morgan fingerprint density at radius 2 is 2.00 bits per heavy atom. The fourth-order valence-electron chi connectivity index (χ4n) is 2.61. The van der Waals surface area contributed by atoms with Crippen LogP contribution in [0.15, 0.2) is 36.4 Å². The van der Waals surface area contributed by atoms with E-state index in [-0.39, 0.29) is 12.0 Å². The molecule has 2 rings (SSSR count). The average Bonchev–Trinajstić information content (AvgIpc) is 2.85. The number of hydroxylamine groups is 2. The summed E-state index contributed by atoms with van der Waals surface area (Å²) < 4.78 is 5.24. The topological polar surface area (TPSA) is 49.8 Å². The molecule has 2 atom stereocenters. The van der Waals surface area contributed by atoms with Crippen molar-refractivity contribution < 1.29 is 14.7 Å². The van der Waals surface area contributed by atoms with Crippen LogP contribution < -0.4 is 0 Å². The molecule has 1 aliphatic carbocycles. The van der Waals surface area contributed by atoms with Gasteiger partial charge in [0.05, 0.1) is 6.04 Å². The van der Waals surface area contributed by atoms with Crippen molar-refractivity contribution in [2.45, 2.75) is 51.7 Å². The fraction of sp³-hybridized carbons (Fsp3) is 0.471. The van der Waals surface area contributed by atoms with Gasteiger partial charge in [-0.25, -0.2) is 4.79 Å². The number of hydrogen-bond donors (Lipinski definition) is 1. The highest BCUT2D eigenvalue weighted by atomic mass is 16.6. The first-order valence-electron chi connectivity index (χ1n) is 7.23. The van der Waals surface area contributed by atoms with Gasteiger partial charge in [0.2, 0.25) is 0 Å². The van der Waals surface area contributed by atoms with Crippen molar-refractivity contribution in [3.63, 3.8) is 0 Å². The van der Waals surface area contributed by atoms with Crippen LogP contribution in [0, 0.1) is 6.92 Å². The molecule has 0 fully saturated rings. The number of aryl methyl sites for hydroxylation is 1. The highest BCUT2D eigenvalue weighted by molar-refractivity contribution is 5.67. The second kappa shape index (κ2) is 5.90. The van der Waals surface area contributed by atoms with E-state index in [1.807, 2.05) is 43.3 Å². The summed E-state index contributed by atoms with van der Waals surface area (Å²) in [6, 6.07) is 7.71. The Hall–Kier alpha value is -1.81. The minimum atomic E-state index is -0.699. The van der Waals surface area contributed by atoms with Crippen molar-refractivity contribution in [2.24, 2.45) is 0 Å². The molecule has 1 aromatic rings. The van der Waals surface area contributed by atoms with E-state index >= 15 is 0 Å². The number of rotatable bonds is 2. The van der Waals surface area contributed by atoms with Crippen molar-refractivity contribution >= 4 is 6.09 Å². The second-order valence-corrected chi connectivity index (χ2v) is 6.44. The van der Waals surface area contributed by atoms with Crippen LogP contribution in [-0.4, -0.2) is 28.0 Å². The number of benzene rings is 1. The third-order valence-electron chi connectivity index (χ3n) is 3.58. The largest absolute Gasteiger partial charge is 0.442 e. The van der Waals surface area contributed by atoms with E-state index in [9.17, 15) is 10.0 Å². The zero-order chi connectivity index (χ0) is 15.6. The Morgan fingerprint density at radius 3 is 2.62 bits per heavy atom. The van der Waals surface area contributed by atoms with E-state index in [1.165, 1.54) is 0 Å². The minimum Gasteiger partial charge on any atom is -0.442 e. The maximum atomic E-state index is 12.0. The van der Waals surface area contributed by atoms with E-state index in [1.54, 1.807) is 20.8 Å². The van der Waals surface area contributed by atoms with Crippen LogP contribution in [0.5, 0.6) is 0 Å². The Bertz CT molecular complexity index is 545. The van der Waals surface area contributed by atoms with Gasteiger partial charge in [0.1, 0.15) is 5.60 Å². The predicted molar refractivity (Wildman–Crippen MR) is 81.3 cm³/mol. The molecule has 0 saturated carbocycles. The Kier molecular flexibility index (Phi) is 4.37. The summed E-state index contributed by atoms with van der Waals surface area (Å²) >= 11 is 0. The molecule has 0 aliphatic heterocycles. The SMILES string of the molecule is Cc1ccccc1[C@H]1C=CC[C@@H]1N(O)C(=O)OC(C)(C)C. The summed E-state index contributed by atoms with van der Waals surface area (Å²) in [7, 11) is 0. The van der Waals surface area contributed by atoms with Crippen molar-refractivity contribution in [3.05, 3.63) is 47.5 Å². The fourth-order valence-corrected chi connectivity index (χ4v) is 2.61. The average molecular weight is 289 g/mol. The van der Waals surface area contributed by atoms with Gasteiger partial charge in [-0.3, -0.25) is 5.21 Å². The van der Waals surface area contributed by atoms with Gasteiger partial charge in [-0.15, -0.1) is 0 Å². The highest BCUT2D eigenvalue weighted by Crippen LogP contribution is 2.34. The van der Waals surface area contributed by atoms with E-state index in [0.717, 1.165) is 16.2 Å². The molecule has 1 N–H and O–H groups in total. The van der Waals surface area contributed by atoms with Gasteiger partial charge in [0.15, 0.2) is 0 Å². The number of ether oxygens (including phenoxy) is 1. The monoisotopic (exact) mass is 289 g/mol. The molecule has 0 spiro atoms. The van der Waals surface area contributed by atoms with Gasteiger partial charge in [-0.1, -0.05) is 36.4 Å². The molecule has 0 unspecified atom stereocenters. The lowest BCUT2D eigenvalue weighted by Crippen LogP contribution is -2.42. The summed E-state index contributed by atoms with van der Waals surface area (Å²) in [5.74, 6) is -0.0104. The van der Waals surface area contributed by atoms with Gasteiger partial charge >= 0.3 is 6.09 Å². The molecule has 1 aromatic carbocycles. The van der Waals surface area contributed by atoms with Crippen LogP contribution in [-0.2, 0) is 4.74 Å². The van der Waals surface area contributed by atoms with E-state index < -0.39 is 11.7 Å². The standard InChI is InChI=1S/C17H23NO3/c1-12-8-5-6-9-13(12)14-10-7-11-15(14)18(20)16(19)21-17(2,3)4/h5-10,14-15,20H,11H2,1-4H3/t14-,15+/m1/s1. The molecule has 0 radical (unpaired) electrons. The van der Waals surface area contributed by atoms with Crippen molar-refractivity contribution in [3.8, 4) is 0 Å². The molecule has 1 amide bonds. The van der Waals surface area contributed by atoms with Crippen molar-refractivity contribution in [1.29, 1.82) is 0 Å². The van der Waals surface area contributed by atoms with E-state index in [0.29, 0.717) is 6.42 Å². The van der Waals surface area contributed by atoms with Crippen molar-refractivity contribution in [1.82, 2.24) is 5.06 Å². The lowest BCUT2D eigenvalue weighted by atomic mass is 9.91. The zero-order valence-electron chi connectivity index (χ0n) is 13.0. The number of carbonyl (C=O) groups excluding carboxylic acids is 1. The van der Waals surface area contributed by atoms with Gasteiger partial charge < -0.3 is 4.74 Å². The summed E-state index contributed by atoms with van der Waals surface area (Å²) in [4.78, 5) is 12.0. The first kappa shape index (κ1) is 15.6. The Labute approximate surface area is 126 Å². The first-order valence-corrected chi connectivity index (χ1v) is 7.23. The van der Waals surface area contributed by atoms with Gasteiger partial charge in [0, 0.05) is 5.92 Å². The van der Waals surface area contributed by atoms with Crippen LogP contribution in [0.1, 0.15) is 44.2 Å². The molecule has 21 heavy (non-hydrogen) atoms. The molecule has 0 bridgehead atoms. The van der Waals surface area contributed by atoms with Crippen molar-refractivity contribution in [2.75, 3.05) is 0 Å². The molecule has 0 saturated heterocycles. The summed E-state index contributed by atoms with van der Waals surface area (Å²) in [6.45, 7) is 7.38. The van der Waals surface area contributed by atoms with Gasteiger partial charge in [0.25, 0.3) is 0 Å². The molecular weight excluding hydrogens is 266 g/mol. The third-order valence-corrected chi connectivity index (χ3v) is 3.58. The molecule has 4 heteroatoms. The predicted octanol–water partition coefficient (Wildman–Crippen LogP) is 4.03. The number of nitrogens with zero attached hydrogens (tertiary/aromatic N) is 1. The second-order valence-electron chi connectivity index (χ2n) is 6.44. The summed E-state index contributed by atoms with van der Waals surface area (Å²) in [5.41, 5.74) is 1.65. The molecule has 4 nitrogen and oxygen atoms in total. The number of carbonyl (C=O) groups is 1. The van der Waals surface area contributed by atoms with Crippen LogP contribution in [0.3, 0.4) is 0 Å². The van der Waals surface area contributed by atoms with Gasteiger partial charge in [-0.2, -0.15) is 5.06 Å². The lowest BCUT2D eigenvalue weighted by molar-refractivity contribution is -0.120. The number of amides is 1. The maximum absolute atomic E-state index is 12.0. The molecule has 114 valence electrons. The van der Waals surface area contributed by atoms with E-state index in [2.05, 4.69) is 0 Å². The Morgan fingerprint density at radius 1 is 1.33 bits per heavy atom. The minimum absolute atomic E-state index is 0.0104. The van der Waals surface area contributed by atoms with E-state index in [4.69, 9.17) is 4.74 Å². The third kappa shape index (κ3) is 3.64. The lowest BCUT2D eigenvalue weighted by Gasteiger charge is -2.30. The van der Waals surface area contributed by atoms with Gasteiger partial charge in [-0.05, 0) is 45.2 Å². The van der Waals surface area contributed by atoms with Crippen LogP contribution in [0.4, 0.5) is 4.79 Å².